The van der Waals surface area contributed by atoms with E-state index < -0.39 is 24.0 Å². The molecule has 1 aromatic carbocycles. The van der Waals surface area contributed by atoms with Crippen molar-refractivity contribution in [1.29, 1.82) is 0 Å². The van der Waals surface area contributed by atoms with Crippen LogP contribution in [0, 0.1) is 0 Å². The van der Waals surface area contributed by atoms with Crippen LogP contribution in [0.25, 0.3) is 0 Å². The molecule has 0 heterocycles. The molecule has 0 aliphatic carbocycles. The van der Waals surface area contributed by atoms with Crippen LogP contribution in [0.3, 0.4) is 0 Å². The van der Waals surface area contributed by atoms with E-state index in [9.17, 15) is 14.7 Å². The van der Waals surface area contributed by atoms with Crippen molar-refractivity contribution >= 4 is 30.8 Å². The van der Waals surface area contributed by atoms with Crippen molar-refractivity contribution in [3.8, 4) is 0 Å². The minimum absolute atomic E-state index is 0. The van der Waals surface area contributed by atoms with Gasteiger partial charge in [0.15, 0.2) is 0 Å². The number of carboxylic acid groups (broad SMARTS) is 2. The van der Waals surface area contributed by atoms with Gasteiger partial charge in [0, 0.05) is 25.3 Å². The number of carboxylic acids is 2. The second kappa shape index (κ2) is 5.71. The summed E-state index contributed by atoms with van der Waals surface area (Å²) in [5, 5.41) is 26.7. The molecule has 3 N–H and O–H groups in total. The maximum absolute atomic E-state index is 10.6. The average molecular weight is 217 g/mol. The van der Waals surface area contributed by atoms with Crippen LogP contribution in [0.1, 0.15) is 5.56 Å². The monoisotopic (exact) mass is 217 g/mol. The third-order valence-electron chi connectivity index (χ3n) is 2.01. The maximum Gasteiger partial charge on any atom is 0.347 e. The van der Waals surface area contributed by atoms with Gasteiger partial charge < -0.3 is 15.3 Å². The Morgan fingerprint density at radius 2 is 1.50 bits per heavy atom. The van der Waals surface area contributed by atoms with Gasteiger partial charge >= 0.3 is 11.9 Å². The fraction of sp³-hybridized carbons (Fsp3) is 0.200. The van der Waals surface area contributed by atoms with Crippen molar-refractivity contribution in [1.82, 2.24) is 0 Å². The number of hydrogen-bond acceptors (Lipinski definition) is 3. The molecule has 0 unspecified atom stereocenters. The van der Waals surface area contributed by atoms with Crippen molar-refractivity contribution in [2.75, 3.05) is 0 Å². The maximum atomic E-state index is 10.6. The van der Waals surface area contributed by atoms with E-state index in [4.69, 9.17) is 10.2 Å². The predicted molar refractivity (Wildman–Crippen MR) is 56.1 cm³/mol. The number of carbonyl (C=O) groups is 2. The zero-order valence-corrected chi connectivity index (χ0v) is 8.75. The van der Waals surface area contributed by atoms with Crippen LogP contribution < -0.4 is 0 Å². The smallest absolute Gasteiger partial charge is 0.347 e. The number of rotatable bonds is 4. The molecule has 1 radical (unpaired) electrons. The SMILES string of the molecule is O=C(O)C(O)(Cc1ccccc1)C(=O)O.[Li]. The second-order valence-electron chi connectivity index (χ2n) is 3.13. The summed E-state index contributed by atoms with van der Waals surface area (Å²) in [5.74, 6) is -3.53. The molecule has 0 saturated carbocycles. The van der Waals surface area contributed by atoms with Gasteiger partial charge in [0.1, 0.15) is 0 Å². The standard InChI is InChI=1S/C10H10O5.Li/c11-8(12)10(15,9(13)14)6-7-4-2-1-3-5-7;/h1-5,15H,6H2,(H,11,12)(H,13,14);. The van der Waals surface area contributed by atoms with E-state index in [-0.39, 0.29) is 18.9 Å². The Kier molecular flexibility index (Phi) is 5.25. The Hall–Kier alpha value is -1.28. The third kappa shape index (κ3) is 3.10. The van der Waals surface area contributed by atoms with E-state index in [1.54, 1.807) is 30.3 Å². The Morgan fingerprint density at radius 3 is 1.88 bits per heavy atom. The quantitative estimate of drug-likeness (QED) is 0.477. The Morgan fingerprint density at radius 1 is 1.06 bits per heavy atom. The van der Waals surface area contributed by atoms with Gasteiger partial charge in [-0.1, -0.05) is 30.3 Å². The molecule has 1 aromatic rings. The summed E-state index contributed by atoms with van der Waals surface area (Å²) in [5.41, 5.74) is -2.31. The Labute approximate surface area is 104 Å². The fourth-order valence-electron chi connectivity index (χ4n) is 1.13. The van der Waals surface area contributed by atoms with Gasteiger partial charge in [-0.15, -0.1) is 0 Å². The van der Waals surface area contributed by atoms with E-state index in [0.717, 1.165) is 0 Å². The van der Waals surface area contributed by atoms with Crippen molar-refractivity contribution in [3.63, 3.8) is 0 Å². The summed E-state index contributed by atoms with van der Waals surface area (Å²) in [6.07, 6.45) is -0.460. The number of benzene rings is 1. The minimum Gasteiger partial charge on any atom is -0.479 e. The molecule has 5 nitrogen and oxygen atoms in total. The number of aliphatic carboxylic acids is 2. The molecule has 0 fully saturated rings. The van der Waals surface area contributed by atoms with Crippen LogP contribution in [0.4, 0.5) is 0 Å². The molecule has 0 aliphatic heterocycles. The average Bonchev–Trinajstić information content (AvgIpc) is 2.18. The van der Waals surface area contributed by atoms with Gasteiger partial charge in [-0.3, -0.25) is 0 Å². The molecule has 16 heavy (non-hydrogen) atoms. The van der Waals surface area contributed by atoms with Crippen molar-refractivity contribution in [2.45, 2.75) is 12.0 Å². The largest absolute Gasteiger partial charge is 0.479 e. The van der Waals surface area contributed by atoms with Gasteiger partial charge in [0.05, 0.1) is 0 Å². The number of aliphatic hydroxyl groups is 1. The molecule has 0 aromatic heterocycles. The zero-order valence-electron chi connectivity index (χ0n) is 8.75. The molecule has 81 valence electrons. The molecule has 6 heteroatoms. The molecule has 0 aliphatic rings. The molecule has 0 spiro atoms. The number of hydrogen-bond donors (Lipinski definition) is 3. The normalized spacial score (nSPS) is 10.3. The van der Waals surface area contributed by atoms with Gasteiger partial charge in [-0.25, -0.2) is 9.59 Å². The summed E-state index contributed by atoms with van der Waals surface area (Å²) in [6, 6.07) is 8.09. The summed E-state index contributed by atoms with van der Waals surface area (Å²) in [7, 11) is 0. The molecular formula is C10H10LiO5. The summed E-state index contributed by atoms with van der Waals surface area (Å²) >= 11 is 0. The first-order chi connectivity index (χ1) is 6.97. The van der Waals surface area contributed by atoms with E-state index in [1.807, 2.05) is 0 Å². The first kappa shape index (κ1) is 14.7. The topological polar surface area (TPSA) is 94.8 Å². The predicted octanol–water partition coefficient (Wildman–Crippen LogP) is -0.251. The van der Waals surface area contributed by atoms with Crippen LogP contribution in [0.5, 0.6) is 0 Å². The van der Waals surface area contributed by atoms with Crippen molar-refractivity contribution in [3.05, 3.63) is 35.9 Å². The molecule has 0 bridgehead atoms. The van der Waals surface area contributed by atoms with E-state index >= 15 is 0 Å². The Balaban J connectivity index is 0.00000225. The van der Waals surface area contributed by atoms with Crippen molar-refractivity contribution in [2.24, 2.45) is 0 Å². The minimum atomic E-state index is -2.76. The van der Waals surface area contributed by atoms with E-state index in [0.29, 0.717) is 5.56 Å². The van der Waals surface area contributed by atoms with Crippen LogP contribution in [0.2, 0.25) is 0 Å². The van der Waals surface area contributed by atoms with Gasteiger partial charge in [-0.2, -0.15) is 0 Å². The van der Waals surface area contributed by atoms with Crippen molar-refractivity contribution < 1.29 is 24.9 Å². The van der Waals surface area contributed by atoms with E-state index in [1.165, 1.54) is 0 Å². The first-order valence-corrected chi connectivity index (χ1v) is 4.20. The van der Waals surface area contributed by atoms with E-state index in [2.05, 4.69) is 0 Å². The van der Waals surface area contributed by atoms with Gasteiger partial charge in [-0.05, 0) is 5.56 Å². The first-order valence-electron chi connectivity index (χ1n) is 4.20. The Bertz CT molecular complexity index is 362. The second-order valence-corrected chi connectivity index (χ2v) is 3.13. The fourth-order valence-corrected chi connectivity index (χ4v) is 1.13. The van der Waals surface area contributed by atoms with Crippen LogP contribution in [-0.4, -0.2) is 51.7 Å². The van der Waals surface area contributed by atoms with Gasteiger partial charge in [0.25, 0.3) is 5.60 Å². The van der Waals surface area contributed by atoms with Crippen LogP contribution >= 0.6 is 0 Å². The molecule has 0 amide bonds. The molecule has 0 saturated heterocycles. The third-order valence-corrected chi connectivity index (χ3v) is 2.01. The molecular weight excluding hydrogens is 207 g/mol. The molecule has 1 rings (SSSR count). The summed E-state index contributed by atoms with van der Waals surface area (Å²) < 4.78 is 0. The summed E-state index contributed by atoms with van der Waals surface area (Å²) in [6.45, 7) is 0. The van der Waals surface area contributed by atoms with Crippen LogP contribution in [0.15, 0.2) is 30.3 Å². The van der Waals surface area contributed by atoms with Gasteiger partial charge in [0.2, 0.25) is 0 Å². The summed E-state index contributed by atoms with van der Waals surface area (Å²) in [4.78, 5) is 21.3. The molecule has 0 atom stereocenters. The zero-order chi connectivity index (χ0) is 11.5. The van der Waals surface area contributed by atoms with Crippen LogP contribution in [-0.2, 0) is 16.0 Å².